The lowest BCUT2D eigenvalue weighted by Gasteiger charge is -2.11. The number of fused-ring (bicyclic) bond motifs is 2. The molecule has 77 heavy (non-hydrogen) atoms. The Bertz CT molecular complexity index is 4290. The summed E-state index contributed by atoms with van der Waals surface area (Å²) in [5, 5.41) is 49.5. The van der Waals surface area contributed by atoms with Crippen LogP contribution in [0.5, 0.6) is 17.4 Å². The average molecular weight is 1210 g/mol. The Morgan fingerprint density at radius 2 is 1.16 bits per heavy atom. The number of phenolic OH excluding ortho intramolecular Hbond substituents is 1. The molecule has 0 fully saturated rings. The molecule has 39 heteroatoms. The van der Waals surface area contributed by atoms with Crippen molar-refractivity contribution < 1.29 is 102 Å². The zero-order valence-electron chi connectivity index (χ0n) is 38.1. The third-order valence-corrected chi connectivity index (χ3v) is 15.1. The van der Waals surface area contributed by atoms with Crippen LogP contribution in [0.3, 0.4) is 0 Å². The van der Waals surface area contributed by atoms with Crippen LogP contribution in [0.15, 0.2) is 123 Å². The van der Waals surface area contributed by atoms with Crippen LogP contribution < -0.4 is 4.74 Å². The van der Waals surface area contributed by atoms with Gasteiger partial charge >= 0.3 is 16.8 Å². The van der Waals surface area contributed by atoms with Gasteiger partial charge < -0.3 is 14.9 Å². The first-order chi connectivity index (χ1) is 35.6. The first-order valence-corrected chi connectivity index (χ1v) is 29.1. The SMILES string of the molecule is Cc1cc(N=Nc2ccc3c(S(=O)(=O)O)c(N=Nc4cnn(-c5cc(S(=O)(=O)O)cc(S(=O)(=O)O)c5)c4O)ccc3c2O)c(OCCCS(=O)(=O)O)cc1N=Nc1nc2ccc(C)c(S(=O)(=O)O)c2s1.O=C=O.O=S(=O)=O. The van der Waals surface area contributed by atoms with Crippen molar-refractivity contribution in [2.45, 2.75) is 39.9 Å². The van der Waals surface area contributed by atoms with Crippen LogP contribution in [-0.4, -0.2) is 121 Å². The third kappa shape index (κ3) is 15.4. The smallest absolute Gasteiger partial charge is 0.425 e. The fourth-order valence-corrected chi connectivity index (χ4v) is 11.1. The molecule has 7 rings (SSSR count). The maximum atomic E-state index is 12.8. The molecular weight excluding hydrogens is 1170 g/mol. The summed E-state index contributed by atoms with van der Waals surface area (Å²) in [5.41, 5.74) is -0.798. The number of aryl methyl sites for hydroxylation is 2. The molecule has 0 radical (unpaired) electrons. The molecule has 0 aliphatic rings. The minimum Gasteiger partial charge on any atom is -0.505 e. The molecule has 32 nitrogen and oxygen atoms in total. The van der Waals surface area contributed by atoms with E-state index in [1.165, 1.54) is 31.2 Å². The fraction of sp³-hybridized carbons (Fsp3) is 0.132. The van der Waals surface area contributed by atoms with Gasteiger partial charge in [0.15, 0.2) is 11.4 Å². The highest BCUT2D eigenvalue weighted by Crippen LogP contribution is 2.44. The molecule has 0 saturated heterocycles. The molecule has 0 atom stereocenters. The van der Waals surface area contributed by atoms with Crippen LogP contribution in [0.1, 0.15) is 17.5 Å². The van der Waals surface area contributed by atoms with Gasteiger partial charge in [0.05, 0.1) is 49.9 Å². The number of ether oxygens (including phenoxy) is 1. The van der Waals surface area contributed by atoms with Crippen LogP contribution in [0.25, 0.3) is 26.7 Å². The van der Waals surface area contributed by atoms with Crippen LogP contribution in [0, 0.1) is 13.8 Å². The highest BCUT2D eigenvalue weighted by molar-refractivity contribution is 7.87. The quantitative estimate of drug-likeness (QED) is 0.0333. The number of aromatic nitrogens is 3. The van der Waals surface area contributed by atoms with Gasteiger partial charge in [0, 0.05) is 16.8 Å². The van der Waals surface area contributed by atoms with Gasteiger partial charge in [-0.25, -0.2) is 4.98 Å². The van der Waals surface area contributed by atoms with E-state index in [0.717, 1.165) is 41.8 Å². The maximum absolute atomic E-state index is 12.8. The molecule has 7 aromatic rings. The lowest BCUT2D eigenvalue weighted by Crippen LogP contribution is -2.08. The number of phenols is 1. The number of thiazole rings is 1. The van der Waals surface area contributed by atoms with Gasteiger partial charge in [0.2, 0.25) is 11.0 Å². The molecule has 5 aromatic carbocycles. The van der Waals surface area contributed by atoms with Gasteiger partial charge in [-0.1, -0.05) is 23.5 Å². The molecule has 408 valence electrons. The predicted molar refractivity (Wildman–Crippen MR) is 259 cm³/mol. The lowest BCUT2D eigenvalue weighted by molar-refractivity contribution is -0.191. The van der Waals surface area contributed by atoms with Crippen molar-refractivity contribution in [3.8, 4) is 23.1 Å². The Kier molecular flexibility index (Phi) is 18.4. The normalized spacial score (nSPS) is 12.4. The molecular formula is C38H31N9O23S7. The van der Waals surface area contributed by atoms with Gasteiger partial charge in [0.25, 0.3) is 50.6 Å². The van der Waals surface area contributed by atoms with Crippen LogP contribution in [0.4, 0.5) is 33.6 Å². The maximum Gasteiger partial charge on any atom is 0.425 e. The summed E-state index contributed by atoms with van der Waals surface area (Å²) in [6.07, 6.45) is 0.902. The highest BCUT2D eigenvalue weighted by atomic mass is 32.2. The van der Waals surface area contributed by atoms with Crippen molar-refractivity contribution in [3.05, 3.63) is 84.1 Å². The number of rotatable bonds is 16. The van der Waals surface area contributed by atoms with Crippen LogP contribution in [0.2, 0.25) is 0 Å². The summed E-state index contributed by atoms with van der Waals surface area (Å²) in [6, 6.07) is 12.0. The topological polar surface area (TPSA) is 512 Å². The van der Waals surface area contributed by atoms with E-state index in [2.05, 4.69) is 40.8 Å². The van der Waals surface area contributed by atoms with Crippen molar-refractivity contribution in [3.63, 3.8) is 0 Å². The Hall–Kier alpha value is -7.79. The van der Waals surface area contributed by atoms with Crippen molar-refractivity contribution in [1.82, 2.24) is 14.8 Å². The number of hydrogen-bond donors (Lipinski definition) is 7. The van der Waals surface area contributed by atoms with Crippen LogP contribution in [-0.2, 0) is 70.8 Å². The molecule has 0 aliphatic heterocycles. The van der Waals surface area contributed by atoms with E-state index in [0.29, 0.717) is 28.4 Å². The summed E-state index contributed by atoms with van der Waals surface area (Å²) in [6.45, 7) is 2.81. The molecule has 0 bridgehead atoms. The van der Waals surface area contributed by atoms with Gasteiger partial charge in [-0.15, -0.1) is 43.3 Å². The minimum atomic E-state index is -5.20. The molecule has 0 amide bonds. The van der Waals surface area contributed by atoms with E-state index >= 15 is 0 Å². The number of benzene rings is 5. The monoisotopic (exact) mass is 1200 g/mol. The molecule has 0 aliphatic carbocycles. The van der Waals surface area contributed by atoms with Gasteiger partial charge in [0.1, 0.15) is 32.6 Å². The van der Waals surface area contributed by atoms with Crippen molar-refractivity contribution >= 4 is 133 Å². The molecule has 0 spiro atoms. The highest BCUT2D eigenvalue weighted by Gasteiger charge is 2.25. The number of hydrogen-bond acceptors (Lipinski definition) is 27. The van der Waals surface area contributed by atoms with Crippen molar-refractivity contribution in [1.29, 1.82) is 0 Å². The second kappa shape index (κ2) is 23.6. The number of aromatic hydroxyl groups is 2. The van der Waals surface area contributed by atoms with Gasteiger partial charge in [-0.05, 0) is 79.9 Å². The van der Waals surface area contributed by atoms with E-state index < -0.39 is 110 Å². The summed E-state index contributed by atoms with van der Waals surface area (Å²) in [5.74, 6) is -2.30. The summed E-state index contributed by atoms with van der Waals surface area (Å²) < 4.78 is 200. The molecule has 0 saturated carbocycles. The molecule has 2 heterocycles. The first-order valence-electron chi connectivity index (χ1n) is 19.9. The largest absolute Gasteiger partial charge is 0.505 e. The summed E-state index contributed by atoms with van der Waals surface area (Å²) >= 11 is 0.841. The van der Waals surface area contributed by atoms with E-state index in [9.17, 15) is 75.1 Å². The zero-order chi connectivity index (χ0) is 57.6. The Labute approximate surface area is 437 Å². The minimum absolute atomic E-state index is 0.0120. The number of nitrogens with zero attached hydrogens (tertiary/aromatic N) is 9. The zero-order valence-corrected chi connectivity index (χ0v) is 43.8. The average Bonchev–Trinajstić information content (AvgIpc) is 3.89. The fourth-order valence-electron chi connectivity index (χ4n) is 6.46. The van der Waals surface area contributed by atoms with E-state index in [-0.39, 0.29) is 78.6 Å². The molecule has 0 unspecified atom stereocenters. The Morgan fingerprint density at radius 3 is 1.73 bits per heavy atom. The number of carbonyl (C=O) groups excluding carboxylic acids is 2. The lowest BCUT2D eigenvalue weighted by atomic mass is 10.1. The Balaban J connectivity index is 0.00000147. The summed E-state index contributed by atoms with van der Waals surface area (Å²) in [4.78, 5) is 17.3. The van der Waals surface area contributed by atoms with E-state index in [4.69, 9.17) is 27.0 Å². The molecule has 2 aromatic heterocycles. The second-order valence-electron chi connectivity index (χ2n) is 14.8. The second-order valence-corrected chi connectivity index (χ2v) is 23.3. The Morgan fingerprint density at radius 1 is 0.623 bits per heavy atom. The standard InChI is InChI=1S/C37H31N9O18S6.CO2.O3S/c1-18-4-7-26-33(34(18)69(58,59)60)65-37(39-26)45-42-28-16-31(64-10-3-11-66(49,50)51)29(12-19(28)2)43-40-25-8-6-24-23(32(25)47)5-9-27(35(24)70(61,62)63)41-44-30-17-38-46(36(30)48)20-13-21(67(52,53)54)15-22(14-20)68(55,56)57;2-1-3;1-4(2)3/h4-9,12-17,47-48H,3,10-11H2,1-2H3,(H,49,50,51)(H,52,53,54)(H,55,56,57)(H,58,59,60)(H,61,62,63);;. The van der Waals surface area contributed by atoms with Crippen LogP contribution >= 0.6 is 11.3 Å². The van der Waals surface area contributed by atoms with E-state index in [1.54, 1.807) is 6.92 Å². The van der Waals surface area contributed by atoms with Crippen molar-refractivity contribution in [2.24, 2.45) is 30.7 Å². The summed E-state index contributed by atoms with van der Waals surface area (Å²) in [7, 11) is -27.4. The van der Waals surface area contributed by atoms with Gasteiger partial charge in [-0.3, -0.25) is 22.8 Å². The molecule has 7 N–H and O–H groups in total. The third-order valence-electron chi connectivity index (χ3n) is 9.58. The number of azo groups is 3. The van der Waals surface area contributed by atoms with Gasteiger partial charge in [-0.2, -0.15) is 61.5 Å². The van der Waals surface area contributed by atoms with Crippen molar-refractivity contribution in [2.75, 3.05) is 12.4 Å². The first kappa shape index (κ1) is 60.1. The van der Waals surface area contributed by atoms with E-state index in [1.807, 2.05) is 0 Å². The predicted octanol–water partition coefficient (Wildman–Crippen LogP) is 5.97.